The quantitative estimate of drug-likeness (QED) is 0.922. The zero-order valence-corrected chi connectivity index (χ0v) is 13.8. The first-order valence-electron chi connectivity index (χ1n) is 7.98. The molecule has 0 aliphatic carbocycles. The Balaban J connectivity index is 1.72. The summed E-state index contributed by atoms with van der Waals surface area (Å²) in [6.07, 6.45) is 1.01. The number of ether oxygens (including phenoxy) is 2. The number of methoxy groups -OCH3 is 2. The molecule has 0 unspecified atom stereocenters. The van der Waals surface area contributed by atoms with Crippen LogP contribution >= 0.6 is 0 Å². The van der Waals surface area contributed by atoms with Crippen molar-refractivity contribution in [1.29, 1.82) is 0 Å². The van der Waals surface area contributed by atoms with Gasteiger partial charge in [0.1, 0.15) is 0 Å². The van der Waals surface area contributed by atoms with Gasteiger partial charge in [0.25, 0.3) is 0 Å². The second kappa shape index (κ2) is 7.02. The van der Waals surface area contributed by atoms with Crippen molar-refractivity contribution in [2.24, 2.45) is 5.73 Å². The molecule has 0 amide bonds. The van der Waals surface area contributed by atoms with Crippen molar-refractivity contribution < 1.29 is 9.47 Å². The number of nitrogens with two attached hydrogens (primary N) is 1. The van der Waals surface area contributed by atoms with Crippen molar-refractivity contribution in [2.45, 2.75) is 19.0 Å². The molecule has 4 heteroatoms. The molecule has 3 rings (SSSR count). The number of nitrogens with zero attached hydrogens (tertiary/aromatic N) is 1. The van der Waals surface area contributed by atoms with Crippen LogP contribution in [0.4, 0.5) is 0 Å². The summed E-state index contributed by atoms with van der Waals surface area (Å²) in [7, 11) is 3.36. The monoisotopic (exact) mass is 312 g/mol. The van der Waals surface area contributed by atoms with E-state index in [1.807, 2.05) is 18.2 Å². The number of rotatable bonds is 5. The molecule has 1 aliphatic rings. The zero-order chi connectivity index (χ0) is 16.2. The van der Waals surface area contributed by atoms with Crippen molar-refractivity contribution in [3.8, 4) is 11.5 Å². The standard InChI is InChI=1S/C19H24N2O2/c1-22-18-10-15-8-9-21(12-16(15)11-19(18)23-2)13-17(20)14-6-4-3-5-7-14/h3-7,10-11,17H,8-9,12-13,20H2,1-2H3/t17-/m1/s1. The minimum atomic E-state index is 0.0397. The molecular formula is C19H24N2O2. The molecule has 122 valence electrons. The Bertz CT molecular complexity index is 658. The van der Waals surface area contributed by atoms with Crippen LogP contribution in [0.5, 0.6) is 11.5 Å². The summed E-state index contributed by atoms with van der Waals surface area (Å²) >= 11 is 0. The topological polar surface area (TPSA) is 47.7 Å². The third-order valence-electron chi connectivity index (χ3n) is 4.48. The predicted molar refractivity (Wildman–Crippen MR) is 91.9 cm³/mol. The SMILES string of the molecule is COc1cc2c(cc1OC)CN(C[C@@H](N)c1ccccc1)CC2. The van der Waals surface area contributed by atoms with E-state index in [1.165, 1.54) is 16.7 Å². The fourth-order valence-electron chi connectivity index (χ4n) is 3.18. The first kappa shape index (κ1) is 15.8. The van der Waals surface area contributed by atoms with Gasteiger partial charge in [0.05, 0.1) is 14.2 Å². The Labute approximate surface area is 137 Å². The first-order chi connectivity index (χ1) is 11.2. The molecule has 1 aliphatic heterocycles. The second-order valence-corrected chi connectivity index (χ2v) is 5.98. The van der Waals surface area contributed by atoms with Crippen LogP contribution in [0.3, 0.4) is 0 Å². The third-order valence-corrected chi connectivity index (χ3v) is 4.48. The molecule has 0 fully saturated rings. The van der Waals surface area contributed by atoms with E-state index in [1.54, 1.807) is 14.2 Å². The van der Waals surface area contributed by atoms with Gasteiger partial charge in [0.15, 0.2) is 11.5 Å². The lowest BCUT2D eigenvalue weighted by molar-refractivity contribution is 0.237. The number of benzene rings is 2. The molecule has 4 nitrogen and oxygen atoms in total. The Hall–Kier alpha value is -2.04. The van der Waals surface area contributed by atoms with Crippen LogP contribution in [-0.4, -0.2) is 32.2 Å². The van der Waals surface area contributed by atoms with Gasteiger partial charge >= 0.3 is 0 Å². The van der Waals surface area contributed by atoms with Crippen molar-refractivity contribution in [3.63, 3.8) is 0 Å². The van der Waals surface area contributed by atoms with E-state index >= 15 is 0 Å². The van der Waals surface area contributed by atoms with Crippen molar-refractivity contribution in [1.82, 2.24) is 4.90 Å². The molecule has 0 bridgehead atoms. The predicted octanol–water partition coefficient (Wildman–Crippen LogP) is 2.76. The Morgan fingerprint density at radius 2 is 1.70 bits per heavy atom. The minimum Gasteiger partial charge on any atom is -0.493 e. The van der Waals surface area contributed by atoms with Gasteiger partial charge in [-0.15, -0.1) is 0 Å². The van der Waals surface area contributed by atoms with Crippen molar-refractivity contribution >= 4 is 0 Å². The minimum absolute atomic E-state index is 0.0397. The molecule has 0 aromatic heterocycles. The Morgan fingerprint density at radius 1 is 1.04 bits per heavy atom. The highest BCUT2D eigenvalue weighted by Crippen LogP contribution is 2.33. The van der Waals surface area contributed by atoms with Gasteiger partial charge in [-0.2, -0.15) is 0 Å². The van der Waals surface area contributed by atoms with E-state index in [0.717, 1.165) is 37.6 Å². The Kier molecular flexibility index (Phi) is 4.84. The van der Waals surface area contributed by atoms with Crippen molar-refractivity contribution in [2.75, 3.05) is 27.3 Å². The van der Waals surface area contributed by atoms with Crippen LogP contribution < -0.4 is 15.2 Å². The molecule has 0 radical (unpaired) electrons. The van der Waals surface area contributed by atoms with E-state index in [2.05, 4.69) is 29.2 Å². The molecule has 1 heterocycles. The highest BCUT2D eigenvalue weighted by molar-refractivity contribution is 5.48. The molecule has 1 atom stereocenters. The van der Waals surface area contributed by atoms with Crippen LogP contribution in [0, 0.1) is 0 Å². The molecular weight excluding hydrogens is 288 g/mol. The highest BCUT2D eigenvalue weighted by atomic mass is 16.5. The van der Waals surface area contributed by atoms with Crippen LogP contribution in [0.25, 0.3) is 0 Å². The smallest absolute Gasteiger partial charge is 0.161 e. The largest absolute Gasteiger partial charge is 0.493 e. The summed E-state index contributed by atoms with van der Waals surface area (Å²) < 4.78 is 10.8. The van der Waals surface area contributed by atoms with Gasteiger partial charge < -0.3 is 15.2 Å². The number of fused-ring (bicyclic) bond motifs is 1. The van der Waals surface area contributed by atoms with Crippen LogP contribution in [0.1, 0.15) is 22.7 Å². The molecule has 2 aromatic carbocycles. The van der Waals surface area contributed by atoms with E-state index in [9.17, 15) is 0 Å². The molecule has 0 saturated heterocycles. The average Bonchev–Trinajstić information content (AvgIpc) is 2.61. The highest BCUT2D eigenvalue weighted by Gasteiger charge is 2.21. The maximum absolute atomic E-state index is 6.36. The van der Waals surface area contributed by atoms with E-state index in [-0.39, 0.29) is 6.04 Å². The van der Waals surface area contributed by atoms with E-state index < -0.39 is 0 Å². The normalized spacial score (nSPS) is 15.8. The lowest BCUT2D eigenvalue weighted by Gasteiger charge is -2.31. The summed E-state index contributed by atoms with van der Waals surface area (Å²) in [5, 5.41) is 0. The lowest BCUT2D eigenvalue weighted by Crippen LogP contribution is -2.36. The van der Waals surface area contributed by atoms with Gasteiger partial charge in [0, 0.05) is 25.7 Å². The van der Waals surface area contributed by atoms with Gasteiger partial charge in [-0.3, -0.25) is 4.90 Å². The molecule has 0 saturated carbocycles. The summed E-state index contributed by atoms with van der Waals surface area (Å²) in [6.45, 7) is 2.77. The van der Waals surface area contributed by atoms with Gasteiger partial charge in [-0.05, 0) is 35.2 Å². The summed E-state index contributed by atoms with van der Waals surface area (Å²) in [5.74, 6) is 1.60. The first-order valence-corrected chi connectivity index (χ1v) is 7.98. The zero-order valence-electron chi connectivity index (χ0n) is 13.8. The number of hydrogen-bond acceptors (Lipinski definition) is 4. The third kappa shape index (κ3) is 3.49. The van der Waals surface area contributed by atoms with Gasteiger partial charge in [-0.25, -0.2) is 0 Å². The fraction of sp³-hybridized carbons (Fsp3) is 0.368. The molecule has 2 aromatic rings. The maximum Gasteiger partial charge on any atom is 0.161 e. The van der Waals surface area contributed by atoms with E-state index in [0.29, 0.717) is 0 Å². The molecule has 23 heavy (non-hydrogen) atoms. The number of hydrogen-bond donors (Lipinski definition) is 1. The van der Waals surface area contributed by atoms with Crippen molar-refractivity contribution in [3.05, 3.63) is 59.2 Å². The summed E-state index contributed by atoms with van der Waals surface area (Å²) in [5.41, 5.74) is 10.2. The molecule has 2 N–H and O–H groups in total. The van der Waals surface area contributed by atoms with E-state index in [4.69, 9.17) is 15.2 Å². The summed E-state index contributed by atoms with van der Waals surface area (Å²) in [4.78, 5) is 2.41. The van der Waals surface area contributed by atoms with Gasteiger partial charge in [0.2, 0.25) is 0 Å². The van der Waals surface area contributed by atoms with Gasteiger partial charge in [-0.1, -0.05) is 30.3 Å². The average molecular weight is 312 g/mol. The summed E-state index contributed by atoms with van der Waals surface area (Å²) in [6, 6.07) is 14.5. The van der Waals surface area contributed by atoms with Crippen LogP contribution in [-0.2, 0) is 13.0 Å². The Morgan fingerprint density at radius 3 is 2.35 bits per heavy atom. The fourth-order valence-corrected chi connectivity index (χ4v) is 3.18. The second-order valence-electron chi connectivity index (χ2n) is 5.98. The molecule has 0 spiro atoms. The van der Waals surface area contributed by atoms with Crippen LogP contribution in [0.15, 0.2) is 42.5 Å². The lowest BCUT2D eigenvalue weighted by atomic mass is 9.97. The maximum atomic E-state index is 6.36. The van der Waals surface area contributed by atoms with Crippen LogP contribution in [0.2, 0.25) is 0 Å².